The number of halogens is 1. The topological polar surface area (TPSA) is 50.9 Å². The molecule has 0 bridgehead atoms. The monoisotopic (exact) mass is 255 g/mol. The fraction of sp³-hybridized carbons (Fsp3) is 0.615. The average molecular weight is 256 g/mol. The smallest absolute Gasteiger partial charge is 0.133 e. The third kappa shape index (κ3) is 5.26. The van der Waals surface area contributed by atoms with Crippen LogP contribution in [0.25, 0.3) is 0 Å². The number of aromatic nitrogens is 1. The van der Waals surface area contributed by atoms with E-state index in [1.807, 2.05) is 6.07 Å². The van der Waals surface area contributed by atoms with Gasteiger partial charge in [0.15, 0.2) is 0 Å². The predicted molar refractivity (Wildman–Crippen MR) is 75.5 cm³/mol. The number of hydrogen-bond donors (Lipinski definition) is 2. The predicted octanol–water partition coefficient (Wildman–Crippen LogP) is 3.95. The Bertz CT molecular complexity index is 321. The van der Waals surface area contributed by atoms with E-state index in [-0.39, 0.29) is 0 Å². The second-order valence-electron chi connectivity index (χ2n) is 4.41. The van der Waals surface area contributed by atoms with Crippen LogP contribution in [-0.2, 0) is 0 Å². The summed E-state index contributed by atoms with van der Waals surface area (Å²) in [4.78, 5) is 4.19. The molecule has 0 spiro atoms. The minimum atomic E-state index is 0.439. The van der Waals surface area contributed by atoms with Gasteiger partial charge >= 0.3 is 0 Å². The molecular formula is C13H22ClN3. The first-order valence-corrected chi connectivity index (χ1v) is 6.70. The normalized spacial score (nSPS) is 12.4. The molecule has 1 aromatic heterocycles. The van der Waals surface area contributed by atoms with E-state index in [9.17, 15) is 0 Å². The van der Waals surface area contributed by atoms with Crippen LogP contribution in [-0.4, -0.2) is 11.5 Å². The molecule has 3 N–H and O–H groups in total. The van der Waals surface area contributed by atoms with Crippen molar-refractivity contribution >= 4 is 23.1 Å². The number of pyridine rings is 1. The Hall–Kier alpha value is -0.960. The van der Waals surface area contributed by atoms with Crippen LogP contribution in [0.15, 0.2) is 12.1 Å². The number of unbranched alkanes of at least 4 members (excludes halogenated alkanes) is 1. The van der Waals surface area contributed by atoms with Crippen LogP contribution in [0.2, 0.25) is 5.15 Å². The van der Waals surface area contributed by atoms with Gasteiger partial charge in [-0.1, -0.05) is 44.7 Å². The van der Waals surface area contributed by atoms with Crippen LogP contribution >= 0.6 is 11.6 Å². The Morgan fingerprint density at radius 2 is 2.18 bits per heavy atom. The highest BCUT2D eigenvalue weighted by molar-refractivity contribution is 6.29. The van der Waals surface area contributed by atoms with E-state index in [2.05, 4.69) is 24.1 Å². The van der Waals surface area contributed by atoms with Gasteiger partial charge in [0.25, 0.3) is 0 Å². The van der Waals surface area contributed by atoms with Crippen molar-refractivity contribution in [3.05, 3.63) is 17.3 Å². The summed E-state index contributed by atoms with van der Waals surface area (Å²) in [5.41, 5.74) is 6.36. The van der Waals surface area contributed by atoms with Gasteiger partial charge in [0.2, 0.25) is 0 Å². The fourth-order valence-electron chi connectivity index (χ4n) is 1.80. The molecule has 0 saturated heterocycles. The van der Waals surface area contributed by atoms with Crippen LogP contribution in [0.3, 0.4) is 0 Å². The Labute approximate surface area is 109 Å². The Balaban J connectivity index is 2.47. The summed E-state index contributed by atoms with van der Waals surface area (Å²) in [6.07, 6.45) is 4.98. The number of rotatable bonds is 7. The first kappa shape index (κ1) is 14.1. The number of nitrogens with one attached hydrogen (secondary N) is 1. The number of nitrogens with two attached hydrogens (primary N) is 1. The SMILES string of the molecule is CCCCC(CC)CNc1cc(N)cc(Cl)n1. The van der Waals surface area contributed by atoms with Crippen molar-refractivity contribution in [1.82, 2.24) is 4.98 Å². The molecule has 0 radical (unpaired) electrons. The molecule has 3 nitrogen and oxygen atoms in total. The lowest BCUT2D eigenvalue weighted by Gasteiger charge is -2.15. The highest BCUT2D eigenvalue weighted by Gasteiger charge is 2.06. The van der Waals surface area contributed by atoms with Crippen molar-refractivity contribution in [3.8, 4) is 0 Å². The fourth-order valence-corrected chi connectivity index (χ4v) is 2.02. The summed E-state index contributed by atoms with van der Waals surface area (Å²) in [5, 5.41) is 3.75. The van der Waals surface area contributed by atoms with Gasteiger partial charge in [-0.3, -0.25) is 0 Å². The highest BCUT2D eigenvalue weighted by Crippen LogP contribution is 2.18. The van der Waals surface area contributed by atoms with Crippen LogP contribution in [0.5, 0.6) is 0 Å². The largest absolute Gasteiger partial charge is 0.399 e. The third-order valence-corrected chi connectivity index (χ3v) is 3.13. The van der Waals surface area contributed by atoms with Gasteiger partial charge in [0.05, 0.1) is 0 Å². The molecule has 0 aliphatic rings. The van der Waals surface area contributed by atoms with E-state index >= 15 is 0 Å². The highest BCUT2D eigenvalue weighted by atomic mass is 35.5. The average Bonchev–Trinajstić information content (AvgIpc) is 2.28. The molecule has 1 unspecified atom stereocenters. The Kier molecular flexibility index (Phi) is 6.12. The molecule has 96 valence electrons. The van der Waals surface area contributed by atoms with Crippen LogP contribution in [0, 0.1) is 5.92 Å². The summed E-state index contributed by atoms with van der Waals surface area (Å²) in [5.74, 6) is 1.46. The zero-order valence-corrected chi connectivity index (χ0v) is 11.4. The van der Waals surface area contributed by atoms with Gasteiger partial charge in [-0.25, -0.2) is 4.98 Å². The minimum Gasteiger partial charge on any atom is -0.399 e. The molecule has 1 heterocycles. The zero-order valence-electron chi connectivity index (χ0n) is 10.7. The van der Waals surface area contributed by atoms with Crippen LogP contribution < -0.4 is 11.1 Å². The molecule has 1 aromatic rings. The maximum absolute atomic E-state index is 5.85. The van der Waals surface area contributed by atoms with E-state index in [1.54, 1.807) is 6.07 Å². The van der Waals surface area contributed by atoms with Gasteiger partial charge in [-0.2, -0.15) is 0 Å². The van der Waals surface area contributed by atoms with Crippen molar-refractivity contribution < 1.29 is 0 Å². The Morgan fingerprint density at radius 3 is 2.76 bits per heavy atom. The molecule has 0 aliphatic carbocycles. The van der Waals surface area contributed by atoms with Crippen molar-refractivity contribution in [2.45, 2.75) is 39.5 Å². The number of anilines is 2. The molecule has 17 heavy (non-hydrogen) atoms. The molecule has 0 fully saturated rings. The maximum atomic E-state index is 5.85. The maximum Gasteiger partial charge on any atom is 0.133 e. The molecule has 0 amide bonds. The summed E-state index contributed by atoms with van der Waals surface area (Å²) < 4.78 is 0. The molecule has 1 atom stereocenters. The van der Waals surface area contributed by atoms with Crippen LogP contribution in [0.4, 0.5) is 11.5 Å². The first-order valence-electron chi connectivity index (χ1n) is 6.32. The van der Waals surface area contributed by atoms with Crippen molar-refractivity contribution in [3.63, 3.8) is 0 Å². The van der Waals surface area contributed by atoms with E-state index < -0.39 is 0 Å². The van der Waals surface area contributed by atoms with Gasteiger partial charge in [0.1, 0.15) is 11.0 Å². The lowest BCUT2D eigenvalue weighted by molar-refractivity contribution is 0.472. The van der Waals surface area contributed by atoms with E-state index in [0.717, 1.165) is 12.4 Å². The molecule has 1 rings (SSSR count). The van der Waals surface area contributed by atoms with Crippen molar-refractivity contribution in [1.29, 1.82) is 0 Å². The minimum absolute atomic E-state index is 0.439. The van der Waals surface area contributed by atoms with Gasteiger partial charge in [-0.15, -0.1) is 0 Å². The van der Waals surface area contributed by atoms with Gasteiger partial charge in [0, 0.05) is 18.3 Å². The van der Waals surface area contributed by atoms with Gasteiger partial charge in [-0.05, 0) is 18.4 Å². The zero-order chi connectivity index (χ0) is 12.7. The molecule has 4 heteroatoms. The molecule has 0 aromatic carbocycles. The summed E-state index contributed by atoms with van der Waals surface area (Å²) in [6.45, 7) is 5.38. The van der Waals surface area contributed by atoms with Crippen molar-refractivity contribution in [2.75, 3.05) is 17.6 Å². The van der Waals surface area contributed by atoms with Gasteiger partial charge < -0.3 is 11.1 Å². The lowest BCUT2D eigenvalue weighted by atomic mass is 9.99. The first-order chi connectivity index (χ1) is 8.15. The van der Waals surface area contributed by atoms with E-state index in [0.29, 0.717) is 16.8 Å². The number of nitrogen functional groups attached to an aromatic ring is 1. The van der Waals surface area contributed by atoms with E-state index in [1.165, 1.54) is 25.7 Å². The summed E-state index contributed by atoms with van der Waals surface area (Å²) >= 11 is 5.85. The lowest BCUT2D eigenvalue weighted by Crippen LogP contribution is -2.14. The second kappa shape index (κ2) is 7.38. The quantitative estimate of drug-likeness (QED) is 0.726. The summed E-state index contributed by atoms with van der Waals surface area (Å²) in [7, 11) is 0. The molecule has 0 saturated carbocycles. The summed E-state index contributed by atoms with van der Waals surface area (Å²) in [6, 6.07) is 3.47. The van der Waals surface area contributed by atoms with Crippen LogP contribution in [0.1, 0.15) is 39.5 Å². The molecule has 0 aliphatic heterocycles. The standard InChI is InChI=1S/C13H22ClN3/c1-3-5-6-10(4-2)9-16-13-8-11(15)7-12(14)17-13/h7-8,10H,3-6,9H2,1-2H3,(H3,15,16,17). The number of nitrogens with zero attached hydrogens (tertiary/aromatic N) is 1. The molecular weight excluding hydrogens is 234 g/mol. The van der Waals surface area contributed by atoms with E-state index in [4.69, 9.17) is 17.3 Å². The second-order valence-corrected chi connectivity index (χ2v) is 4.79. The Morgan fingerprint density at radius 1 is 1.41 bits per heavy atom. The van der Waals surface area contributed by atoms with Crippen molar-refractivity contribution in [2.24, 2.45) is 5.92 Å². The number of hydrogen-bond acceptors (Lipinski definition) is 3. The third-order valence-electron chi connectivity index (χ3n) is 2.93.